The topological polar surface area (TPSA) is 87.1 Å². The van der Waals surface area contributed by atoms with Crippen molar-refractivity contribution in [3.8, 4) is 0 Å². The van der Waals surface area contributed by atoms with Crippen LogP contribution in [-0.2, 0) is 0 Å². The van der Waals surface area contributed by atoms with Crippen molar-refractivity contribution in [1.29, 1.82) is 0 Å². The Labute approximate surface area is 154 Å². The lowest BCUT2D eigenvalue weighted by Gasteiger charge is -2.40. The van der Waals surface area contributed by atoms with Crippen molar-refractivity contribution in [2.75, 3.05) is 6.61 Å². The Bertz CT molecular complexity index is 760. The minimum atomic E-state index is -0.360. The molecule has 0 unspecified atom stereocenters. The van der Waals surface area contributed by atoms with E-state index >= 15 is 0 Å². The van der Waals surface area contributed by atoms with Crippen LogP contribution in [0.1, 0.15) is 56.3 Å². The van der Waals surface area contributed by atoms with Crippen LogP contribution >= 0.6 is 0 Å². The van der Waals surface area contributed by atoms with Gasteiger partial charge in [-0.2, -0.15) is 0 Å². The summed E-state index contributed by atoms with van der Waals surface area (Å²) in [5, 5.41) is 17.6. The van der Waals surface area contributed by atoms with E-state index in [1.807, 2.05) is 6.07 Å². The number of aliphatic hydroxyl groups excluding tert-OH is 1. The molecule has 1 heterocycles. The van der Waals surface area contributed by atoms with Crippen LogP contribution in [0, 0.1) is 0 Å². The molecule has 0 bridgehead atoms. The van der Waals surface area contributed by atoms with Gasteiger partial charge >= 0.3 is 0 Å². The summed E-state index contributed by atoms with van der Waals surface area (Å²) in [7, 11) is 0. The molecule has 26 heavy (non-hydrogen) atoms. The van der Waals surface area contributed by atoms with E-state index in [0.29, 0.717) is 11.6 Å². The number of amides is 1. The van der Waals surface area contributed by atoms with Crippen LogP contribution in [0.15, 0.2) is 30.7 Å². The van der Waals surface area contributed by atoms with Gasteiger partial charge in [-0.3, -0.25) is 4.79 Å². The molecule has 0 aliphatic heterocycles. The fourth-order valence-corrected chi connectivity index (χ4v) is 3.75. The van der Waals surface area contributed by atoms with E-state index in [0.717, 1.165) is 30.2 Å². The largest absolute Gasteiger partial charge is 0.394 e. The quantitative estimate of drug-likeness (QED) is 0.709. The zero-order valence-corrected chi connectivity index (χ0v) is 15.5. The molecule has 6 nitrogen and oxygen atoms in total. The first kappa shape index (κ1) is 18.7. The minimum absolute atomic E-state index is 0.106. The SMILES string of the molecule is CC[C@](C)(NC1CCCC1)[C@@H](CO)NC(=O)c1ccc2cncnc2c1. The van der Waals surface area contributed by atoms with Gasteiger partial charge in [-0.15, -0.1) is 0 Å². The summed E-state index contributed by atoms with van der Waals surface area (Å²) in [5.74, 6) is -0.197. The van der Waals surface area contributed by atoms with Crippen LogP contribution in [0.25, 0.3) is 10.9 Å². The van der Waals surface area contributed by atoms with E-state index in [4.69, 9.17) is 0 Å². The molecule has 140 valence electrons. The van der Waals surface area contributed by atoms with Gasteiger partial charge in [0.25, 0.3) is 5.91 Å². The zero-order chi connectivity index (χ0) is 18.6. The van der Waals surface area contributed by atoms with Crippen LogP contribution in [0.2, 0.25) is 0 Å². The second-order valence-corrected chi connectivity index (χ2v) is 7.40. The Kier molecular flexibility index (Phi) is 5.84. The number of fused-ring (bicyclic) bond motifs is 1. The molecule has 0 spiro atoms. The second kappa shape index (κ2) is 8.10. The number of rotatable bonds is 7. The van der Waals surface area contributed by atoms with E-state index in [1.165, 1.54) is 19.2 Å². The number of hydrogen-bond acceptors (Lipinski definition) is 5. The molecule has 1 aromatic heterocycles. The van der Waals surface area contributed by atoms with Crippen LogP contribution in [0.4, 0.5) is 0 Å². The molecule has 1 fully saturated rings. The second-order valence-electron chi connectivity index (χ2n) is 7.40. The summed E-state index contributed by atoms with van der Waals surface area (Å²) in [5.41, 5.74) is 0.919. The predicted molar refractivity (Wildman–Crippen MR) is 102 cm³/mol. The molecular weight excluding hydrogens is 328 g/mol. The number of carbonyl (C=O) groups is 1. The average molecular weight is 356 g/mol. The van der Waals surface area contributed by atoms with Gasteiger partial charge in [-0.25, -0.2) is 9.97 Å². The van der Waals surface area contributed by atoms with Crippen molar-refractivity contribution in [2.24, 2.45) is 0 Å². The molecule has 1 saturated carbocycles. The monoisotopic (exact) mass is 356 g/mol. The molecule has 3 rings (SSSR count). The highest BCUT2D eigenvalue weighted by Gasteiger charge is 2.36. The van der Waals surface area contributed by atoms with Crippen LogP contribution in [0.5, 0.6) is 0 Å². The van der Waals surface area contributed by atoms with Crippen molar-refractivity contribution >= 4 is 16.8 Å². The lowest BCUT2D eigenvalue weighted by Crippen LogP contribution is -2.62. The lowest BCUT2D eigenvalue weighted by atomic mass is 9.88. The third-order valence-corrected chi connectivity index (χ3v) is 5.65. The number of nitrogens with zero attached hydrogens (tertiary/aromatic N) is 2. The average Bonchev–Trinajstić information content (AvgIpc) is 3.18. The van der Waals surface area contributed by atoms with Crippen molar-refractivity contribution < 1.29 is 9.90 Å². The number of aliphatic hydroxyl groups is 1. The molecule has 6 heteroatoms. The first-order valence-corrected chi connectivity index (χ1v) is 9.45. The maximum Gasteiger partial charge on any atom is 0.251 e. The number of nitrogens with one attached hydrogen (secondary N) is 2. The van der Waals surface area contributed by atoms with E-state index in [9.17, 15) is 9.90 Å². The number of aromatic nitrogens is 2. The van der Waals surface area contributed by atoms with Crippen molar-refractivity contribution in [3.05, 3.63) is 36.3 Å². The third kappa shape index (κ3) is 4.02. The lowest BCUT2D eigenvalue weighted by molar-refractivity contribution is 0.0839. The molecule has 1 amide bonds. The fourth-order valence-electron chi connectivity index (χ4n) is 3.75. The van der Waals surface area contributed by atoms with E-state index in [-0.39, 0.29) is 24.1 Å². The highest BCUT2D eigenvalue weighted by atomic mass is 16.3. The van der Waals surface area contributed by atoms with E-state index in [1.54, 1.807) is 18.3 Å². The zero-order valence-electron chi connectivity index (χ0n) is 15.5. The van der Waals surface area contributed by atoms with Crippen molar-refractivity contribution in [1.82, 2.24) is 20.6 Å². The van der Waals surface area contributed by atoms with Gasteiger partial charge in [0.2, 0.25) is 0 Å². The Balaban J connectivity index is 1.75. The van der Waals surface area contributed by atoms with Crippen LogP contribution in [-0.4, -0.2) is 45.2 Å². The fraction of sp³-hybridized carbons (Fsp3) is 0.550. The summed E-state index contributed by atoms with van der Waals surface area (Å²) >= 11 is 0. The maximum atomic E-state index is 12.8. The first-order valence-electron chi connectivity index (χ1n) is 9.45. The third-order valence-electron chi connectivity index (χ3n) is 5.65. The number of hydrogen-bond donors (Lipinski definition) is 3. The Morgan fingerprint density at radius 2 is 2.15 bits per heavy atom. The molecular formula is C20H28N4O2. The molecule has 2 aromatic rings. The number of benzene rings is 1. The molecule has 3 N–H and O–H groups in total. The summed E-state index contributed by atoms with van der Waals surface area (Å²) < 4.78 is 0. The first-order chi connectivity index (χ1) is 12.6. The van der Waals surface area contributed by atoms with Gasteiger partial charge in [-0.05, 0) is 38.3 Å². The molecule has 1 aliphatic rings. The van der Waals surface area contributed by atoms with Gasteiger partial charge in [0, 0.05) is 28.7 Å². The van der Waals surface area contributed by atoms with Crippen LogP contribution in [0.3, 0.4) is 0 Å². The summed E-state index contributed by atoms with van der Waals surface area (Å²) in [6, 6.07) is 5.47. The smallest absolute Gasteiger partial charge is 0.251 e. The van der Waals surface area contributed by atoms with E-state index in [2.05, 4.69) is 34.4 Å². The molecule has 0 saturated heterocycles. The van der Waals surface area contributed by atoms with Crippen LogP contribution < -0.4 is 10.6 Å². The number of carbonyl (C=O) groups excluding carboxylic acids is 1. The molecule has 0 radical (unpaired) electrons. The highest BCUT2D eigenvalue weighted by molar-refractivity contribution is 5.97. The minimum Gasteiger partial charge on any atom is -0.394 e. The Hall–Kier alpha value is -2.05. The van der Waals surface area contributed by atoms with Gasteiger partial charge in [-0.1, -0.05) is 25.8 Å². The van der Waals surface area contributed by atoms with Gasteiger partial charge in [0.1, 0.15) is 6.33 Å². The summed E-state index contributed by atoms with van der Waals surface area (Å²) in [4.78, 5) is 21.0. The molecule has 1 aliphatic carbocycles. The standard InChI is InChI=1S/C20H28N4O2/c1-3-20(2,24-16-6-4-5-7-16)18(12-25)23-19(26)14-8-9-15-11-21-13-22-17(15)10-14/h8-11,13,16,18,24-25H,3-7,12H2,1-2H3,(H,23,26)/t18-,20+/m1/s1. The summed E-state index contributed by atoms with van der Waals surface area (Å²) in [6.45, 7) is 4.06. The highest BCUT2D eigenvalue weighted by Crippen LogP contribution is 2.24. The molecule has 1 aromatic carbocycles. The van der Waals surface area contributed by atoms with Gasteiger partial charge < -0.3 is 15.7 Å². The maximum absolute atomic E-state index is 12.8. The molecule has 2 atom stereocenters. The summed E-state index contributed by atoms with van der Waals surface area (Å²) in [6.07, 6.45) is 8.82. The van der Waals surface area contributed by atoms with E-state index < -0.39 is 0 Å². The predicted octanol–water partition coefficient (Wildman–Crippen LogP) is 2.42. The van der Waals surface area contributed by atoms with Gasteiger partial charge in [0.15, 0.2) is 0 Å². The Morgan fingerprint density at radius 1 is 1.38 bits per heavy atom. The Morgan fingerprint density at radius 3 is 2.85 bits per heavy atom. The van der Waals surface area contributed by atoms with Crippen molar-refractivity contribution in [2.45, 2.75) is 63.6 Å². The van der Waals surface area contributed by atoms with Crippen molar-refractivity contribution in [3.63, 3.8) is 0 Å². The van der Waals surface area contributed by atoms with Gasteiger partial charge in [0.05, 0.1) is 18.2 Å². The normalized spacial score (nSPS) is 18.6.